The minimum Gasteiger partial charge on any atom is -0.348 e. The summed E-state index contributed by atoms with van der Waals surface area (Å²) < 4.78 is 0.615. The average molecular weight is 238 g/mol. The molecule has 72 valence electrons. The van der Waals surface area contributed by atoms with Crippen LogP contribution in [0.5, 0.6) is 0 Å². The van der Waals surface area contributed by atoms with Gasteiger partial charge < -0.3 is 5.32 Å². The predicted octanol–water partition coefficient (Wildman–Crippen LogP) is 2.76. The fourth-order valence-corrected chi connectivity index (χ4v) is 1.79. The molecular weight excluding hydrogens is 229 g/mol. The van der Waals surface area contributed by atoms with Crippen molar-refractivity contribution >= 4 is 40.4 Å². The molecule has 2 nitrogen and oxygen atoms in total. The summed E-state index contributed by atoms with van der Waals surface area (Å²) in [5.41, 5.74) is 0. The first-order valence-corrected chi connectivity index (χ1v) is 5.48. The number of carbonyl (C=O) groups is 1. The van der Waals surface area contributed by atoms with E-state index in [1.165, 1.54) is 11.3 Å². The van der Waals surface area contributed by atoms with E-state index in [-0.39, 0.29) is 11.9 Å². The molecule has 0 aliphatic rings. The second kappa shape index (κ2) is 4.84. The zero-order valence-corrected chi connectivity index (χ0v) is 9.34. The third kappa shape index (κ3) is 3.18. The molecule has 1 atom stereocenters. The van der Waals surface area contributed by atoms with Gasteiger partial charge in [-0.3, -0.25) is 4.79 Å². The smallest absolute Gasteiger partial charge is 0.261 e. The van der Waals surface area contributed by atoms with Gasteiger partial charge in [0.25, 0.3) is 5.91 Å². The molecule has 1 amide bonds. The van der Waals surface area contributed by atoms with Crippen molar-refractivity contribution in [2.24, 2.45) is 0 Å². The van der Waals surface area contributed by atoms with Crippen LogP contribution in [0.1, 0.15) is 16.6 Å². The molecule has 0 saturated heterocycles. The first kappa shape index (κ1) is 10.8. The minimum absolute atomic E-state index is 0.0185. The summed E-state index contributed by atoms with van der Waals surface area (Å²) in [5.74, 6) is 0.287. The van der Waals surface area contributed by atoms with Crippen LogP contribution in [0.2, 0.25) is 4.34 Å². The van der Waals surface area contributed by atoms with Crippen LogP contribution >= 0.6 is 34.5 Å². The lowest BCUT2D eigenvalue weighted by molar-refractivity contribution is 0.0947. The molecule has 1 aromatic rings. The van der Waals surface area contributed by atoms with E-state index in [0.717, 1.165) is 0 Å². The molecule has 1 N–H and O–H groups in total. The van der Waals surface area contributed by atoms with Gasteiger partial charge in [0.15, 0.2) is 0 Å². The van der Waals surface area contributed by atoms with Gasteiger partial charge in [-0.25, -0.2) is 0 Å². The zero-order valence-electron chi connectivity index (χ0n) is 7.01. The van der Waals surface area contributed by atoms with Crippen molar-refractivity contribution in [3.63, 3.8) is 0 Å². The molecule has 1 aromatic heterocycles. The highest BCUT2D eigenvalue weighted by molar-refractivity contribution is 7.17. The van der Waals surface area contributed by atoms with Crippen LogP contribution in [0.3, 0.4) is 0 Å². The third-order valence-electron chi connectivity index (χ3n) is 1.41. The Kier molecular flexibility index (Phi) is 4.03. The monoisotopic (exact) mass is 237 g/mol. The van der Waals surface area contributed by atoms with Gasteiger partial charge >= 0.3 is 0 Å². The van der Waals surface area contributed by atoms with E-state index in [4.69, 9.17) is 23.2 Å². The van der Waals surface area contributed by atoms with E-state index in [0.29, 0.717) is 15.1 Å². The Morgan fingerprint density at radius 2 is 2.38 bits per heavy atom. The van der Waals surface area contributed by atoms with Gasteiger partial charge in [-0.15, -0.1) is 22.9 Å². The maximum Gasteiger partial charge on any atom is 0.261 e. The molecule has 0 aliphatic carbocycles. The molecule has 1 unspecified atom stereocenters. The van der Waals surface area contributed by atoms with Crippen molar-refractivity contribution in [3.8, 4) is 0 Å². The van der Waals surface area contributed by atoms with Crippen molar-refractivity contribution in [2.45, 2.75) is 13.0 Å². The van der Waals surface area contributed by atoms with Crippen molar-refractivity contribution in [1.82, 2.24) is 5.32 Å². The maximum absolute atomic E-state index is 11.4. The van der Waals surface area contributed by atoms with Crippen LogP contribution < -0.4 is 5.32 Å². The Morgan fingerprint density at radius 1 is 1.69 bits per heavy atom. The fraction of sp³-hybridized carbons (Fsp3) is 0.375. The van der Waals surface area contributed by atoms with E-state index in [1.54, 1.807) is 12.1 Å². The van der Waals surface area contributed by atoms with Crippen molar-refractivity contribution in [3.05, 3.63) is 21.3 Å². The van der Waals surface area contributed by atoms with Crippen LogP contribution in [0.15, 0.2) is 12.1 Å². The first-order valence-electron chi connectivity index (χ1n) is 3.75. The topological polar surface area (TPSA) is 29.1 Å². The van der Waals surface area contributed by atoms with Crippen LogP contribution in [0.4, 0.5) is 0 Å². The van der Waals surface area contributed by atoms with Crippen LogP contribution in [0, 0.1) is 0 Å². The summed E-state index contributed by atoms with van der Waals surface area (Å²) in [5, 5.41) is 2.74. The Hall–Kier alpha value is -0.250. The lowest BCUT2D eigenvalue weighted by Crippen LogP contribution is -2.33. The molecular formula is C8H9Cl2NOS. The minimum atomic E-state index is -0.120. The summed E-state index contributed by atoms with van der Waals surface area (Å²) in [6.07, 6.45) is 0. The highest BCUT2D eigenvalue weighted by Gasteiger charge is 2.10. The average Bonchev–Trinajstić information content (AvgIpc) is 2.51. The number of alkyl halides is 1. The predicted molar refractivity (Wildman–Crippen MR) is 57.0 cm³/mol. The molecule has 1 rings (SSSR count). The SMILES string of the molecule is CC(CCl)NC(=O)c1ccc(Cl)s1. The van der Waals surface area contributed by atoms with Crippen molar-refractivity contribution in [1.29, 1.82) is 0 Å². The zero-order chi connectivity index (χ0) is 9.84. The normalized spacial score (nSPS) is 12.5. The number of rotatable bonds is 3. The van der Waals surface area contributed by atoms with Gasteiger partial charge in [0.05, 0.1) is 9.21 Å². The third-order valence-corrected chi connectivity index (χ3v) is 3.10. The largest absolute Gasteiger partial charge is 0.348 e. The van der Waals surface area contributed by atoms with E-state index in [9.17, 15) is 4.79 Å². The number of carbonyl (C=O) groups excluding carboxylic acids is 1. The van der Waals surface area contributed by atoms with Crippen LogP contribution in [-0.2, 0) is 0 Å². The number of thiophene rings is 1. The highest BCUT2D eigenvalue weighted by atomic mass is 35.5. The number of halogens is 2. The van der Waals surface area contributed by atoms with Gasteiger partial charge in [0.2, 0.25) is 0 Å². The first-order chi connectivity index (χ1) is 6.13. The summed E-state index contributed by atoms with van der Waals surface area (Å²) >= 11 is 12.5. The van der Waals surface area contributed by atoms with E-state index in [2.05, 4.69) is 5.32 Å². The molecule has 0 bridgehead atoms. The molecule has 0 saturated carbocycles. The molecule has 0 radical (unpaired) electrons. The van der Waals surface area contributed by atoms with Gasteiger partial charge in [0, 0.05) is 11.9 Å². The van der Waals surface area contributed by atoms with Gasteiger partial charge in [-0.05, 0) is 19.1 Å². The Morgan fingerprint density at radius 3 is 2.85 bits per heavy atom. The second-order valence-electron chi connectivity index (χ2n) is 2.63. The van der Waals surface area contributed by atoms with Crippen LogP contribution in [0.25, 0.3) is 0 Å². The highest BCUT2D eigenvalue weighted by Crippen LogP contribution is 2.21. The fourth-order valence-electron chi connectivity index (χ4n) is 0.770. The molecule has 0 fully saturated rings. The Labute approximate surface area is 90.8 Å². The standard InChI is InChI=1S/C8H9Cl2NOS/c1-5(4-9)11-8(12)6-2-3-7(10)13-6/h2-3,5H,4H2,1H3,(H,11,12). The summed E-state index contributed by atoms with van der Waals surface area (Å²) in [6, 6.07) is 3.38. The maximum atomic E-state index is 11.4. The van der Waals surface area contributed by atoms with E-state index in [1.807, 2.05) is 6.92 Å². The Bertz CT molecular complexity index is 300. The van der Waals surface area contributed by atoms with Gasteiger partial charge in [-0.2, -0.15) is 0 Å². The number of hydrogen-bond donors (Lipinski definition) is 1. The molecule has 5 heteroatoms. The molecule has 0 aliphatic heterocycles. The van der Waals surface area contributed by atoms with Gasteiger partial charge in [-0.1, -0.05) is 11.6 Å². The van der Waals surface area contributed by atoms with Crippen LogP contribution in [-0.4, -0.2) is 17.8 Å². The number of hydrogen-bond acceptors (Lipinski definition) is 2. The quantitative estimate of drug-likeness (QED) is 0.806. The summed E-state index contributed by atoms with van der Waals surface area (Å²) in [7, 11) is 0. The summed E-state index contributed by atoms with van der Waals surface area (Å²) in [4.78, 5) is 12.0. The second-order valence-corrected chi connectivity index (χ2v) is 4.66. The van der Waals surface area contributed by atoms with Crippen molar-refractivity contribution in [2.75, 3.05) is 5.88 Å². The number of amides is 1. The van der Waals surface area contributed by atoms with Crippen molar-refractivity contribution < 1.29 is 4.79 Å². The summed E-state index contributed by atoms with van der Waals surface area (Å²) in [6.45, 7) is 1.85. The van der Waals surface area contributed by atoms with E-state index < -0.39 is 0 Å². The number of nitrogens with one attached hydrogen (secondary N) is 1. The van der Waals surface area contributed by atoms with Gasteiger partial charge in [0.1, 0.15) is 0 Å². The molecule has 0 aromatic carbocycles. The Balaban J connectivity index is 2.58. The lowest BCUT2D eigenvalue weighted by Gasteiger charge is -2.08. The molecule has 1 heterocycles. The van der Waals surface area contributed by atoms with E-state index >= 15 is 0 Å². The lowest BCUT2D eigenvalue weighted by atomic mass is 10.3. The molecule has 13 heavy (non-hydrogen) atoms. The molecule has 0 spiro atoms.